The maximum atomic E-state index is 4.18. The van der Waals surface area contributed by atoms with Crippen LogP contribution in [0.4, 0.5) is 0 Å². The molecule has 1 aromatic carbocycles. The summed E-state index contributed by atoms with van der Waals surface area (Å²) < 4.78 is 2.07. The molecule has 0 unspecified atom stereocenters. The van der Waals surface area contributed by atoms with E-state index in [1.807, 2.05) is 24.3 Å². The van der Waals surface area contributed by atoms with Gasteiger partial charge in [-0.1, -0.05) is 36.4 Å². The van der Waals surface area contributed by atoms with Crippen molar-refractivity contribution in [2.45, 2.75) is 6.54 Å². The number of nitrogens with zero attached hydrogens (tertiary/aromatic N) is 3. The Bertz CT molecular complexity index is 584. The predicted octanol–water partition coefficient (Wildman–Crippen LogP) is 3.05. The fourth-order valence-corrected chi connectivity index (χ4v) is 2.47. The number of thiophene rings is 1. The van der Waals surface area contributed by atoms with Crippen molar-refractivity contribution in [3.05, 3.63) is 59.7 Å². The van der Waals surface area contributed by atoms with E-state index in [1.165, 1.54) is 5.56 Å². The molecule has 0 amide bonds. The molecular formula is C13H11N3S. The minimum atomic E-state index is 0.807. The van der Waals surface area contributed by atoms with Gasteiger partial charge in [-0.25, -0.2) is 0 Å². The van der Waals surface area contributed by atoms with Crippen molar-refractivity contribution in [1.29, 1.82) is 0 Å². The van der Waals surface area contributed by atoms with Gasteiger partial charge in [0.2, 0.25) is 0 Å². The second-order valence-electron chi connectivity index (χ2n) is 3.75. The standard InChI is InChI=1S/C13H11N3S/c1-2-5-11(6-3-1)9-16-10-14-15-13(16)12-7-4-8-17-12/h1-8,10H,9H2. The van der Waals surface area contributed by atoms with E-state index in [-0.39, 0.29) is 0 Å². The highest BCUT2D eigenvalue weighted by Crippen LogP contribution is 2.22. The van der Waals surface area contributed by atoms with Gasteiger partial charge in [0.1, 0.15) is 6.33 Å². The van der Waals surface area contributed by atoms with E-state index in [0.717, 1.165) is 17.2 Å². The Morgan fingerprint density at radius 2 is 1.94 bits per heavy atom. The molecule has 0 N–H and O–H groups in total. The van der Waals surface area contributed by atoms with Gasteiger partial charge in [-0.2, -0.15) is 0 Å². The molecule has 4 heteroatoms. The van der Waals surface area contributed by atoms with Crippen molar-refractivity contribution in [1.82, 2.24) is 14.8 Å². The molecule has 2 aromatic heterocycles. The molecule has 3 aromatic rings. The third-order valence-electron chi connectivity index (χ3n) is 2.55. The summed E-state index contributed by atoms with van der Waals surface area (Å²) in [5.41, 5.74) is 1.25. The topological polar surface area (TPSA) is 30.7 Å². The Morgan fingerprint density at radius 3 is 2.71 bits per heavy atom. The minimum absolute atomic E-state index is 0.807. The molecule has 0 radical (unpaired) electrons. The zero-order valence-corrected chi connectivity index (χ0v) is 9.97. The maximum absolute atomic E-state index is 4.18. The molecule has 0 fully saturated rings. The average molecular weight is 241 g/mol. The number of hydrogen-bond acceptors (Lipinski definition) is 3. The highest BCUT2D eigenvalue weighted by Gasteiger charge is 2.07. The van der Waals surface area contributed by atoms with E-state index < -0.39 is 0 Å². The lowest BCUT2D eigenvalue weighted by atomic mass is 10.2. The molecule has 0 saturated heterocycles. The maximum Gasteiger partial charge on any atom is 0.174 e. The van der Waals surface area contributed by atoms with Crippen LogP contribution < -0.4 is 0 Å². The molecule has 0 spiro atoms. The van der Waals surface area contributed by atoms with Crippen LogP contribution in [0, 0.1) is 0 Å². The summed E-state index contributed by atoms with van der Waals surface area (Å²) in [6.07, 6.45) is 1.78. The van der Waals surface area contributed by atoms with Crippen LogP contribution in [0.5, 0.6) is 0 Å². The van der Waals surface area contributed by atoms with Crippen molar-refractivity contribution < 1.29 is 0 Å². The van der Waals surface area contributed by atoms with E-state index in [1.54, 1.807) is 17.7 Å². The molecule has 2 heterocycles. The first-order valence-corrected chi connectivity index (χ1v) is 6.27. The lowest BCUT2D eigenvalue weighted by Crippen LogP contribution is -1.99. The van der Waals surface area contributed by atoms with Crippen LogP contribution in [-0.4, -0.2) is 14.8 Å². The summed E-state index contributed by atoms with van der Waals surface area (Å²) >= 11 is 1.68. The Kier molecular flexibility index (Phi) is 2.71. The first kappa shape index (κ1) is 10.2. The fraction of sp³-hybridized carbons (Fsp3) is 0.0769. The molecule has 17 heavy (non-hydrogen) atoms. The Hall–Kier alpha value is -1.94. The van der Waals surface area contributed by atoms with Gasteiger partial charge in [0.05, 0.1) is 11.4 Å². The van der Waals surface area contributed by atoms with Gasteiger partial charge in [-0.15, -0.1) is 21.5 Å². The Balaban J connectivity index is 1.92. The molecule has 84 valence electrons. The van der Waals surface area contributed by atoms with Crippen LogP contribution in [0.1, 0.15) is 5.56 Å². The molecule has 0 atom stereocenters. The first-order valence-electron chi connectivity index (χ1n) is 5.39. The zero-order valence-electron chi connectivity index (χ0n) is 9.15. The molecular weight excluding hydrogens is 230 g/mol. The van der Waals surface area contributed by atoms with Gasteiger partial charge in [-0.05, 0) is 17.0 Å². The quantitative estimate of drug-likeness (QED) is 0.705. The normalized spacial score (nSPS) is 10.6. The van der Waals surface area contributed by atoms with E-state index in [9.17, 15) is 0 Å². The molecule has 0 bridgehead atoms. The highest BCUT2D eigenvalue weighted by atomic mass is 32.1. The number of rotatable bonds is 3. The van der Waals surface area contributed by atoms with Crippen LogP contribution in [0.25, 0.3) is 10.7 Å². The third kappa shape index (κ3) is 2.12. The number of hydrogen-bond donors (Lipinski definition) is 0. The summed E-state index contributed by atoms with van der Waals surface area (Å²) in [4.78, 5) is 1.15. The number of benzene rings is 1. The molecule has 0 saturated carbocycles. The van der Waals surface area contributed by atoms with Gasteiger partial charge in [0.25, 0.3) is 0 Å². The van der Waals surface area contributed by atoms with Gasteiger partial charge in [-0.3, -0.25) is 0 Å². The predicted molar refractivity (Wildman–Crippen MR) is 68.9 cm³/mol. The molecule has 3 rings (SSSR count). The van der Waals surface area contributed by atoms with Crippen LogP contribution in [0.2, 0.25) is 0 Å². The van der Waals surface area contributed by atoms with Crippen molar-refractivity contribution >= 4 is 11.3 Å². The lowest BCUT2D eigenvalue weighted by molar-refractivity contribution is 0.804. The van der Waals surface area contributed by atoms with Crippen LogP contribution in [0.15, 0.2) is 54.2 Å². The lowest BCUT2D eigenvalue weighted by Gasteiger charge is -2.04. The van der Waals surface area contributed by atoms with Gasteiger partial charge < -0.3 is 4.57 Å². The van der Waals surface area contributed by atoms with Crippen LogP contribution in [0.3, 0.4) is 0 Å². The van der Waals surface area contributed by atoms with Crippen LogP contribution in [-0.2, 0) is 6.54 Å². The van der Waals surface area contributed by atoms with Gasteiger partial charge >= 0.3 is 0 Å². The fourth-order valence-electron chi connectivity index (χ4n) is 1.75. The van der Waals surface area contributed by atoms with E-state index in [0.29, 0.717) is 0 Å². The molecule has 0 aliphatic heterocycles. The molecule has 0 aliphatic carbocycles. The second kappa shape index (κ2) is 4.51. The summed E-state index contributed by atoms with van der Waals surface area (Å²) in [6, 6.07) is 14.4. The molecule has 0 aliphatic rings. The van der Waals surface area contributed by atoms with Crippen molar-refractivity contribution in [2.24, 2.45) is 0 Å². The van der Waals surface area contributed by atoms with Gasteiger partial charge in [0, 0.05) is 0 Å². The van der Waals surface area contributed by atoms with Crippen molar-refractivity contribution in [2.75, 3.05) is 0 Å². The summed E-state index contributed by atoms with van der Waals surface area (Å²) in [5, 5.41) is 10.2. The van der Waals surface area contributed by atoms with E-state index >= 15 is 0 Å². The highest BCUT2D eigenvalue weighted by molar-refractivity contribution is 7.13. The zero-order chi connectivity index (χ0) is 11.5. The number of aromatic nitrogens is 3. The van der Waals surface area contributed by atoms with E-state index in [2.05, 4.69) is 38.3 Å². The average Bonchev–Trinajstić information content (AvgIpc) is 3.00. The SMILES string of the molecule is c1ccc(Cn2cnnc2-c2cccs2)cc1. The van der Waals surface area contributed by atoms with Crippen molar-refractivity contribution in [3.63, 3.8) is 0 Å². The monoisotopic (exact) mass is 241 g/mol. The van der Waals surface area contributed by atoms with E-state index in [4.69, 9.17) is 0 Å². The Labute approximate surface area is 103 Å². The van der Waals surface area contributed by atoms with Gasteiger partial charge in [0.15, 0.2) is 5.82 Å². The van der Waals surface area contributed by atoms with Crippen molar-refractivity contribution in [3.8, 4) is 10.7 Å². The second-order valence-corrected chi connectivity index (χ2v) is 4.69. The summed E-state index contributed by atoms with van der Waals surface area (Å²) in [7, 11) is 0. The smallest absolute Gasteiger partial charge is 0.174 e. The minimum Gasteiger partial charge on any atom is -0.308 e. The van der Waals surface area contributed by atoms with Crippen LogP contribution >= 0.6 is 11.3 Å². The summed E-state index contributed by atoms with van der Waals surface area (Å²) in [5.74, 6) is 0.934. The summed E-state index contributed by atoms with van der Waals surface area (Å²) in [6.45, 7) is 0.807. The Morgan fingerprint density at radius 1 is 1.06 bits per heavy atom. The molecule has 3 nitrogen and oxygen atoms in total. The largest absolute Gasteiger partial charge is 0.308 e. The first-order chi connectivity index (χ1) is 8.43. The third-order valence-corrected chi connectivity index (χ3v) is 3.42.